The Morgan fingerprint density at radius 3 is 3.06 bits per heavy atom. The van der Waals surface area contributed by atoms with E-state index in [0.717, 1.165) is 6.42 Å². The number of hydrogen-bond acceptors (Lipinski definition) is 4. The van der Waals surface area contributed by atoms with Gasteiger partial charge in [0.25, 0.3) is 0 Å². The van der Waals surface area contributed by atoms with Crippen molar-refractivity contribution in [1.29, 1.82) is 0 Å². The van der Waals surface area contributed by atoms with E-state index in [1.54, 1.807) is 16.2 Å². The fraction of sp³-hybridized carbons (Fsp3) is 0.500. The monoisotopic (exact) mass is 253 g/mol. The fourth-order valence-electron chi connectivity index (χ4n) is 2.03. The number of likely N-dealkylation sites (tertiary alicyclic amines) is 1. The maximum Gasteiger partial charge on any atom is 0.325 e. The summed E-state index contributed by atoms with van der Waals surface area (Å²) in [6.45, 7) is 0.711. The van der Waals surface area contributed by atoms with Crippen LogP contribution in [0.5, 0.6) is 0 Å². The predicted molar refractivity (Wildman–Crippen MR) is 64.9 cm³/mol. The van der Waals surface area contributed by atoms with E-state index in [-0.39, 0.29) is 18.4 Å². The minimum Gasteiger partial charge on any atom is -0.468 e. The van der Waals surface area contributed by atoms with Crippen molar-refractivity contribution in [3.05, 3.63) is 22.4 Å². The number of piperidine rings is 1. The van der Waals surface area contributed by atoms with Gasteiger partial charge in [0.05, 0.1) is 7.11 Å². The number of hydrogen-bond donors (Lipinski definition) is 0. The van der Waals surface area contributed by atoms with Gasteiger partial charge in [-0.3, -0.25) is 9.59 Å². The van der Waals surface area contributed by atoms with Gasteiger partial charge in [-0.25, -0.2) is 0 Å². The molecular weight excluding hydrogens is 238 g/mol. The smallest absolute Gasteiger partial charge is 0.325 e. The van der Waals surface area contributed by atoms with Crippen molar-refractivity contribution in [3.8, 4) is 0 Å². The molecule has 0 spiro atoms. The fourth-order valence-corrected chi connectivity index (χ4v) is 2.90. The number of rotatable bonds is 3. The summed E-state index contributed by atoms with van der Waals surface area (Å²) in [6.07, 6.45) is 1.42. The standard InChI is InChI=1S/C12H15NO3S/c1-16-12(15)8-13-5-4-9(7-11(13)14)10-3-2-6-17-10/h2-3,6,9H,4-5,7-8H2,1H3/t9-/m0/s1. The third-order valence-corrected chi connectivity index (χ3v) is 4.05. The first-order valence-electron chi connectivity index (χ1n) is 5.58. The van der Waals surface area contributed by atoms with Gasteiger partial charge in [0, 0.05) is 23.8 Å². The minimum atomic E-state index is -0.354. The van der Waals surface area contributed by atoms with Crippen molar-refractivity contribution >= 4 is 23.2 Å². The van der Waals surface area contributed by atoms with Crippen molar-refractivity contribution in [2.45, 2.75) is 18.8 Å². The molecule has 1 fully saturated rings. The highest BCUT2D eigenvalue weighted by Crippen LogP contribution is 2.31. The number of carbonyl (C=O) groups is 2. The molecule has 1 atom stereocenters. The molecule has 1 aliphatic heterocycles. The molecular formula is C12H15NO3S. The molecule has 17 heavy (non-hydrogen) atoms. The second kappa shape index (κ2) is 5.31. The number of nitrogens with zero attached hydrogens (tertiary/aromatic N) is 1. The zero-order valence-electron chi connectivity index (χ0n) is 9.72. The molecule has 2 rings (SSSR count). The summed E-state index contributed by atoms with van der Waals surface area (Å²) >= 11 is 1.69. The lowest BCUT2D eigenvalue weighted by Gasteiger charge is -2.30. The molecule has 1 aliphatic rings. The number of carbonyl (C=O) groups excluding carboxylic acids is 2. The van der Waals surface area contributed by atoms with E-state index >= 15 is 0 Å². The van der Waals surface area contributed by atoms with E-state index in [9.17, 15) is 9.59 Å². The molecule has 1 aromatic heterocycles. The van der Waals surface area contributed by atoms with Crippen molar-refractivity contribution in [2.24, 2.45) is 0 Å². The van der Waals surface area contributed by atoms with E-state index in [1.165, 1.54) is 12.0 Å². The van der Waals surface area contributed by atoms with E-state index in [2.05, 4.69) is 10.8 Å². The molecule has 0 N–H and O–H groups in total. The molecule has 0 radical (unpaired) electrons. The van der Waals surface area contributed by atoms with Crippen LogP contribution >= 0.6 is 11.3 Å². The Morgan fingerprint density at radius 2 is 2.47 bits per heavy atom. The molecule has 0 aromatic carbocycles. The molecule has 1 amide bonds. The molecule has 4 nitrogen and oxygen atoms in total. The highest BCUT2D eigenvalue weighted by atomic mass is 32.1. The average molecular weight is 253 g/mol. The number of amides is 1. The lowest BCUT2D eigenvalue weighted by molar-refractivity contribution is -0.148. The van der Waals surface area contributed by atoms with Gasteiger partial charge < -0.3 is 9.64 Å². The molecule has 5 heteroatoms. The van der Waals surface area contributed by atoms with Crippen molar-refractivity contribution < 1.29 is 14.3 Å². The van der Waals surface area contributed by atoms with Gasteiger partial charge in [-0.15, -0.1) is 11.3 Å². The van der Waals surface area contributed by atoms with Gasteiger partial charge in [-0.1, -0.05) is 6.07 Å². The normalized spacial score (nSPS) is 20.4. The van der Waals surface area contributed by atoms with Crippen LogP contribution < -0.4 is 0 Å². The first-order valence-corrected chi connectivity index (χ1v) is 6.46. The summed E-state index contributed by atoms with van der Waals surface area (Å²) in [5.74, 6) is 0.00405. The lowest BCUT2D eigenvalue weighted by atomic mass is 9.95. The highest BCUT2D eigenvalue weighted by Gasteiger charge is 2.28. The molecule has 0 unspecified atom stereocenters. The first-order chi connectivity index (χ1) is 8.20. The Morgan fingerprint density at radius 1 is 1.65 bits per heavy atom. The zero-order chi connectivity index (χ0) is 12.3. The van der Waals surface area contributed by atoms with Gasteiger partial charge in [-0.2, -0.15) is 0 Å². The van der Waals surface area contributed by atoms with Gasteiger partial charge in [0.15, 0.2) is 0 Å². The van der Waals surface area contributed by atoms with Crippen molar-refractivity contribution in [3.63, 3.8) is 0 Å². The maximum absolute atomic E-state index is 11.9. The first kappa shape index (κ1) is 12.1. The van der Waals surface area contributed by atoms with Crippen LogP contribution in [0.1, 0.15) is 23.6 Å². The number of thiophene rings is 1. The van der Waals surface area contributed by atoms with Crippen LogP contribution in [0.2, 0.25) is 0 Å². The van der Waals surface area contributed by atoms with E-state index in [0.29, 0.717) is 18.9 Å². The number of methoxy groups -OCH3 is 1. The summed E-state index contributed by atoms with van der Waals surface area (Å²) in [6, 6.07) is 4.07. The molecule has 1 saturated heterocycles. The van der Waals surface area contributed by atoms with E-state index in [4.69, 9.17) is 0 Å². The summed E-state index contributed by atoms with van der Waals surface area (Å²) < 4.78 is 4.57. The summed E-state index contributed by atoms with van der Waals surface area (Å²) in [5, 5.41) is 2.03. The summed E-state index contributed by atoms with van der Waals surface area (Å²) in [4.78, 5) is 25.8. The van der Waals surface area contributed by atoms with Crippen LogP contribution in [0.4, 0.5) is 0 Å². The Bertz CT molecular complexity index is 402. The van der Waals surface area contributed by atoms with Gasteiger partial charge >= 0.3 is 5.97 Å². The largest absolute Gasteiger partial charge is 0.468 e. The number of esters is 1. The van der Waals surface area contributed by atoms with Crippen molar-refractivity contribution in [2.75, 3.05) is 20.2 Å². The van der Waals surface area contributed by atoms with Crippen LogP contribution in [-0.4, -0.2) is 37.0 Å². The van der Waals surface area contributed by atoms with Gasteiger partial charge in [0.2, 0.25) is 5.91 Å². The van der Waals surface area contributed by atoms with Crippen LogP contribution in [0.15, 0.2) is 17.5 Å². The molecule has 0 saturated carbocycles. The van der Waals surface area contributed by atoms with E-state index < -0.39 is 0 Å². The molecule has 0 aliphatic carbocycles. The molecule has 2 heterocycles. The lowest BCUT2D eigenvalue weighted by Crippen LogP contribution is -2.41. The minimum absolute atomic E-state index is 0.0417. The summed E-state index contributed by atoms with van der Waals surface area (Å²) in [7, 11) is 1.34. The van der Waals surface area contributed by atoms with Crippen LogP contribution in [-0.2, 0) is 14.3 Å². The molecule has 1 aromatic rings. The second-order valence-electron chi connectivity index (χ2n) is 4.10. The van der Waals surface area contributed by atoms with Gasteiger partial charge in [-0.05, 0) is 17.9 Å². The van der Waals surface area contributed by atoms with Crippen LogP contribution in [0.25, 0.3) is 0 Å². The Balaban J connectivity index is 1.93. The van der Waals surface area contributed by atoms with Crippen LogP contribution in [0.3, 0.4) is 0 Å². The maximum atomic E-state index is 11.9. The predicted octanol–water partition coefficient (Wildman–Crippen LogP) is 1.63. The zero-order valence-corrected chi connectivity index (χ0v) is 10.5. The summed E-state index contributed by atoms with van der Waals surface area (Å²) in [5.41, 5.74) is 0. The SMILES string of the molecule is COC(=O)CN1CC[C@H](c2cccs2)CC1=O. The van der Waals surface area contributed by atoms with Crippen molar-refractivity contribution in [1.82, 2.24) is 4.90 Å². The Kier molecular flexibility index (Phi) is 3.78. The average Bonchev–Trinajstić information content (AvgIpc) is 2.85. The third kappa shape index (κ3) is 2.85. The second-order valence-corrected chi connectivity index (χ2v) is 5.08. The molecule has 0 bridgehead atoms. The topological polar surface area (TPSA) is 46.6 Å². The number of ether oxygens (including phenoxy) is 1. The Labute approximate surface area is 104 Å². The third-order valence-electron chi connectivity index (χ3n) is 3.01. The molecule has 92 valence electrons. The van der Waals surface area contributed by atoms with Gasteiger partial charge in [0.1, 0.15) is 6.54 Å². The van der Waals surface area contributed by atoms with E-state index in [1.807, 2.05) is 11.4 Å². The quantitative estimate of drug-likeness (QED) is 0.769. The van der Waals surface area contributed by atoms with Crippen LogP contribution in [0, 0.1) is 0 Å². The highest BCUT2D eigenvalue weighted by molar-refractivity contribution is 7.10. The Hall–Kier alpha value is -1.36.